The van der Waals surface area contributed by atoms with E-state index in [4.69, 9.17) is 4.74 Å². The Hall–Kier alpha value is -2.69. The molecule has 5 nitrogen and oxygen atoms in total. The van der Waals surface area contributed by atoms with Gasteiger partial charge in [-0.3, -0.25) is 4.79 Å². The lowest BCUT2D eigenvalue weighted by atomic mass is 10.1. The molecule has 5 heteroatoms. The Morgan fingerprint density at radius 2 is 2.00 bits per heavy atom. The van der Waals surface area contributed by atoms with Crippen LogP contribution in [0.3, 0.4) is 0 Å². The summed E-state index contributed by atoms with van der Waals surface area (Å²) in [4.78, 5) is 27.3. The van der Waals surface area contributed by atoms with Crippen molar-refractivity contribution in [2.75, 3.05) is 7.11 Å². The van der Waals surface area contributed by atoms with E-state index in [1.54, 1.807) is 18.2 Å². The van der Waals surface area contributed by atoms with Crippen molar-refractivity contribution in [1.82, 2.24) is 10.3 Å². The predicted octanol–water partition coefficient (Wildman–Crippen LogP) is 2.13. The second-order valence-corrected chi connectivity index (χ2v) is 4.22. The first-order valence-electron chi connectivity index (χ1n) is 5.98. The highest BCUT2D eigenvalue weighted by Crippen LogP contribution is 2.21. The van der Waals surface area contributed by atoms with E-state index in [0.717, 1.165) is 0 Å². The van der Waals surface area contributed by atoms with Gasteiger partial charge in [-0.2, -0.15) is 0 Å². The van der Waals surface area contributed by atoms with E-state index in [9.17, 15) is 9.59 Å². The molecule has 0 saturated heterocycles. The first kappa shape index (κ1) is 13.7. The predicted molar refractivity (Wildman–Crippen MR) is 75.9 cm³/mol. The minimum atomic E-state index is -0.458. The van der Waals surface area contributed by atoms with Crippen LogP contribution in [-0.2, 0) is 9.53 Å². The van der Waals surface area contributed by atoms with Gasteiger partial charge in [0.05, 0.1) is 29.6 Å². The molecule has 1 amide bonds. The standard InChI is InChI=1S/C15H14N2O3/c1-9(16-10(2)18)14-8-12(15(19)20-3)11-6-4-5-7-13(11)17-14/h4-8H,1H2,2-3H3,(H,16,18). The summed E-state index contributed by atoms with van der Waals surface area (Å²) in [6.07, 6.45) is 0. The molecule has 0 bridgehead atoms. The van der Waals surface area contributed by atoms with Gasteiger partial charge in [0, 0.05) is 12.3 Å². The summed E-state index contributed by atoms with van der Waals surface area (Å²) in [6, 6.07) is 8.78. The second kappa shape index (κ2) is 5.52. The van der Waals surface area contributed by atoms with Crippen LogP contribution in [0.25, 0.3) is 16.6 Å². The van der Waals surface area contributed by atoms with Crippen LogP contribution in [0.4, 0.5) is 0 Å². The summed E-state index contributed by atoms with van der Waals surface area (Å²) < 4.78 is 4.78. The molecule has 0 fully saturated rings. The number of ether oxygens (including phenoxy) is 1. The Labute approximate surface area is 116 Å². The monoisotopic (exact) mass is 270 g/mol. The Morgan fingerprint density at radius 1 is 1.30 bits per heavy atom. The van der Waals surface area contributed by atoms with E-state index in [1.165, 1.54) is 14.0 Å². The molecule has 2 aromatic rings. The Kier molecular flexibility index (Phi) is 3.79. The van der Waals surface area contributed by atoms with Gasteiger partial charge in [0.25, 0.3) is 0 Å². The molecule has 1 heterocycles. The van der Waals surface area contributed by atoms with E-state index in [0.29, 0.717) is 27.9 Å². The zero-order valence-electron chi connectivity index (χ0n) is 11.3. The van der Waals surface area contributed by atoms with Gasteiger partial charge in [-0.15, -0.1) is 0 Å². The minimum absolute atomic E-state index is 0.246. The average molecular weight is 270 g/mol. The molecule has 0 saturated carbocycles. The normalized spacial score (nSPS) is 10.1. The van der Waals surface area contributed by atoms with E-state index in [-0.39, 0.29) is 5.91 Å². The van der Waals surface area contributed by atoms with Crippen LogP contribution in [0.2, 0.25) is 0 Å². The molecule has 0 atom stereocenters. The van der Waals surface area contributed by atoms with Gasteiger partial charge in [-0.25, -0.2) is 9.78 Å². The van der Waals surface area contributed by atoms with Crippen LogP contribution in [0.15, 0.2) is 36.9 Å². The summed E-state index contributed by atoms with van der Waals surface area (Å²) >= 11 is 0. The van der Waals surface area contributed by atoms with E-state index >= 15 is 0 Å². The van der Waals surface area contributed by atoms with Crippen LogP contribution < -0.4 is 5.32 Å². The highest BCUT2D eigenvalue weighted by atomic mass is 16.5. The van der Waals surface area contributed by atoms with Crippen molar-refractivity contribution in [2.45, 2.75) is 6.92 Å². The number of benzene rings is 1. The molecule has 1 aromatic carbocycles. The Morgan fingerprint density at radius 3 is 2.65 bits per heavy atom. The van der Waals surface area contributed by atoms with Crippen LogP contribution in [0.5, 0.6) is 0 Å². The molecule has 0 aliphatic heterocycles. The lowest BCUT2D eigenvalue weighted by molar-refractivity contribution is -0.117. The first-order chi connectivity index (χ1) is 9.52. The van der Waals surface area contributed by atoms with Gasteiger partial charge in [0.1, 0.15) is 0 Å². The number of nitrogens with one attached hydrogen (secondary N) is 1. The average Bonchev–Trinajstić information content (AvgIpc) is 2.44. The Balaban J connectivity index is 2.61. The molecule has 102 valence electrons. The topological polar surface area (TPSA) is 68.3 Å². The van der Waals surface area contributed by atoms with Crippen molar-refractivity contribution >= 4 is 28.5 Å². The van der Waals surface area contributed by atoms with Crippen LogP contribution in [0, 0.1) is 0 Å². The zero-order chi connectivity index (χ0) is 14.7. The lowest BCUT2D eigenvalue weighted by Gasteiger charge is -2.10. The maximum Gasteiger partial charge on any atom is 0.338 e. The molecule has 0 unspecified atom stereocenters. The number of rotatable bonds is 3. The second-order valence-electron chi connectivity index (χ2n) is 4.22. The fourth-order valence-electron chi connectivity index (χ4n) is 1.89. The van der Waals surface area contributed by atoms with Crippen LogP contribution in [-0.4, -0.2) is 24.0 Å². The molecule has 0 aliphatic rings. The number of amides is 1. The third kappa shape index (κ3) is 2.66. The molecule has 2 rings (SSSR count). The van der Waals surface area contributed by atoms with Crippen LogP contribution >= 0.6 is 0 Å². The van der Waals surface area contributed by atoms with Crippen molar-refractivity contribution in [3.63, 3.8) is 0 Å². The van der Waals surface area contributed by atoms with E-state index in [1.807, 2.05) is 12.1 Å². The van der Waals surface area contributed by atoms with Gasteiger partial charge in [0.2, 0.25) is 5.91 Å². The maximum atomic E-state index is 11.9. The maximum absolute atomic E-state index is 11.9. The number of carbonyl (C=O) groups is 2. The first-order valence-corrected chi connectivity index (χ1v) is 5.98. The zero-order valence-corrected chi connectivity index (χ0v) is 11.3. The third-order valence-corrected chi connectivity index (χ3v) is 2.76. The smallest absolute Gasteiger partial charge is 0.338 e. The van der Waals surface area contributed by atoms with Crippen molar-refractivity contribution in [3.05, 3.63) is 48.2 Å². The summed E-state index contributed by atoms with van der Waals surface area (Å²) in [5.74, 6) is -0.704. The SMILES string of the molecule is C=C(NC(C)=O)c1cc(C(=O)OC)c2ccccc2n1. The number of fused-ring (bicyclic) bond motifs is 1. The number of hydrogen-bond donors (Lipinski definition) is 1. The highest BCUT2D eigenvalue weighted by molar-refractivity contribution is 6.04. The quantitative estimate of drug-likeness (QED) is 0.867. The number of hydrogen-bond acceptors (Lipinski definition) is 4. The summed E-state index contributed by atoms with van der Waals surface area (Å²) in [5, 5.41) is 3.25. The number of nitrogens with zero attached hydrogens (tertiary/aromatic N) is 1. The molecule has 1 aromatic heterocycles. The fraction of sp³-hybridized carbons (Fsp3) is 0.133. The summed E-state index contributed by atoms with van der Waals surface area (Å²) in [7, 11) is 1.32. The number of carbonyl (C=O) groups excluding carboxylic acids is 2. The molecule has 1 N–H and O–H groups in total. The fourth-order valence-corrected chi connectivity index (χ4v) is 1.89. The number of pyridine rings is 1. The largest absolute Gasteiger partial charge is 0.465 e. The number of methoxy groups -OCH3 is 1. The number of aromatic nitrogens is 1. The number of para-hydroxylation sites is 1. The van der Waals surface area contributed by atoms with Crippen molar-refractivity contribution < 1.29 is 14.3 Å². The van der Waals surface area contributed by atoms with Crippen molar-refractivity contribution in [3.8, 4) is 0 Å². The molecule has 0 radical (unpaired) electrons. The van der Waals surface area contributed by atoms with Gasteiger partial charge in [0.15, 0.2) is 0 Å². The van der Waals surface area contributed by atoms with Gasteiger partial charge in [-0.05, 0) is 12.1 Å². The molecule has 0 spiro atoms. The summed E-state index contributed by atoms with van der Waals surface area (Å²) in [5.41, 5.74) is 1.80. The van der Waals surface area contributed by atoms with Crippen LogP contribution in [0.1, 0.15) is 23.0 Å². The number of esters is 1. The molecular formula is C15H14N2O3. The highest BCUT2D eigenvalue weighted by Gasteiger charge is 2.14. The third-order valence-electron chi connectivity index (χ3n) is 2.76. The van der Waals surface area contributed by atoms with E-state index in [2.05, 4.69) is 16.9 Å². The molecule has 20 heavy (non-hydrogen) atoms. The lowest BCUT2D eigenvalue weighted by Crippen LogP contribution is -2.18. The molecule has 0 aliphatic carbocycles. The minimum Gasteiger partial charge on any atom is -0.465 e. The van der Waals surface area contributed by atoms with Crippen molar-refractivity contribution in [2.24, 2.45) is 0 Å². The summed E-state index contributed by atoms with van der Waals surface area (Å²) in [6.45, 7) is 5.13. The van der Waals surface area contributed by atoms with Crippen molar-refractivity contribution in [1.29, 1.82) is 0 Å². The van der Waals surface area contributed by atoms with Gasteiger partial charge >= 0.3 is 5.97 Å². The molecular weight excluding hydrogens is 256 g/mol. The van der Waals surface area contributed by atoms with E-state index < -0.39 is 5.97 Å². The van der Waals surface area contributed by atoms with Gasteiger partial charge < -0.3 is 10.1 Å². The Bertz CT molecular complexity index is 707. The van der Waals surface area contributed by atoms with Gasteiger partial charge in [-0.1, -0.05) is 24.8 Å².